The number of rotatable bonds is 5. The number of oxazole rings is 1. The fraction of sp³-hybridized carbons (Fsp3) is 0.190. The molecule has 1 amide bonds. The number of aromatic nitrogens is 3. The number of nitrogens with one attached hydrogen (secondary N) is 1. The average Bonchev–Trinajstić information content (AvgIpc) is 3.32. The first-order chi connectivity index (χ1) is 13.6. The van der Waals surface area contributed by atoms with Crippen LogP contribution in [0.3, 0.4) is 0 Å². The highest BCUT2D eigenvalue weighted by Crippen LogP contribution is 2.24. The van der Waals surface area contributed by atoms with Gasteiger partial charge in [-0.1, -0.05) is 25.1 Å². The molecule has 0 radical (unpaired) electrons. The summed E-state index contributed by atoms with van der Waals surface area (Å²) in [7, 11) is 3.73. The van der Waals surface area contributed by atoms with Gasteiger partial charge in [0.25, 0.3) is 11.9 Å². The Morgan fingerprint density at radius 1 is 1.18 bits per heavy atom. The van der Waals surface area contributed by atoms with Crippen LogP contribution in [0.2, 0.25) is 0 Å². The zero-order chi connectivity index (χ0) is 19.7. The maximum absolute atomic E-state index is 12.9. The molecule has 142 valence electrons. The van der Waals surface area contributed by atoms with Gasteiger partial charge >= 0.3 is 0 Å². The molecule has 0 saturated carbocycles. The van der Waals surface area contributed by atoms with Gasteiger partial charge in [0.15, 0.2) is 5.58 Å². The zero-order valence-electron chi connectivity index (χ0n) is 16.0. The molecule has 0 aliphatic carbocycles. The average molecular weight is 375 g/mol. The molecule has 0 bridgehead atoms. The Balaban J connectivity index is 1.62. The van der Waals surface area contributed by atoms with Gasteiger partial charge in [-0.3, -0.25) is 4.79 Å². The molecule has 0 aliphatic rings. The minimum atomic E-state index is -0.203. The maximum Gasteiger partial charge on any atom is 0.297 e. The lowest BCUT2D eigenvalue weighted by Gasteiger charge is -2.08. The van der Waals surface area contributed by atoms with Crippen molar-refractivity contribution in [1.29, 1.82) is 0 Å². The van der Waals surface area contributed by atoms with E-state index in [9.17, 15) is 4.79 Å². The second-order valence-electron chi connectivity index (χ2n) is 6.63. The second-order valence-corrected chi connectivity index (χ2v) is 6.63. The molecule has 7 nitrogen and oxygen atoms in total. The van der Waals surface area contributed by atoms with Gasteiger partial charge in [-0.15, -0.1) is 0 Å². The summed E-state index contributed by atoms with van der Waals surface area (Å²) in [5.74, 6) is -0.203. The van der Waals surface area contributed by atoms with E-state index in [-0.39, 0.29) is 5.91 Å². The van der Waals surface area contributed by atoms with Crippen molar-refractivity contribution in [2.45, 2.75) is 13.3 Å². The van der Waals surface area contributed by atoms with Crippen LogP contribution in [0.4, 0.5) is 11.7 Å². The van der Waals surface area contributed by atoms with E-state index in [1.165, 1.54) is 0 Å². The zero-order valence-corrected chi connectivity index (χ0v) is 16.0. The van der Waals surface area contributed by atoms with E-state index in [4.69, 9.17) is 4.42 Å². The van der Waals surface area contributed by atoms with Crippen LogP contribution >= 0.6 is 0 Å². The van der Waals surface area contributed by atoms with Crippen LogP contribution < -0.4 is 10.2 Å². The molecule has 1 N–H and O–H groups in total. The molecule has 4 rings (SSSR count). The Labute approximate surface area is 162 Å². The fourth-order valence-electron chi connectivity index (χ4n) is 3.08. The smallest absolute Gasteiger partial charge is 0.297 e. The lowest BCUT2D eigenvalue weighted by Crippen LogP contribution is -2.14. The number of hydrogen-bond acceptors (Lipinski definition) is 5. The molecule has 0 unspecified atom stereocenters. The third-order valence-corrected chi connectivity index (χ3v) is 4.47. The summed E-state index contributed by atoms with van der Waals surface area (Å²) in [6.07, 6.45) is 2.29. The van der Waals surface area contributed by atoms with Crippen molar-refractivity contribution in [3.63, 3.8) is 0 Å². The van der Waals surface area contributed by atoms with Gasteiger partial charge in [0, 0.05) is 25.8 Å². The van der Waals surface area contributed by atoms with Crippen LogP contribution in [0.1, 0.15) is 23.0 Å². The number of para-hydroxylation sites is 1. The first-order valence-corrected chi connectivity index (χ1v) is 9.08. The van der Waals surface area contributed by atoms with Gasteiger partial charge in [-0.05, 0) is 30.7 Å². The molecule has 28 heavy (non-hydrogen) atoms. The predicted octanol–water partition coefficient (Wildman–Crippen LogP) is 3.89. The normalized spacial score (nSPS) is 11.0. The topological polar surface area (TPSA) is 76.2 Å². The Bertz CT molecular complexity index is 1130. The molecule has 7 heteroatoms. The van der Waals surface area contributed by atoms with Gasteiger partial charge in [0.1, 0.15) is 5.52 Å². The van der Waals surface area contributed by atoms with E-state index in [2.05, 4.69) is 15.4 Å². The molecule has 0 fully saturated rings. The van der Waals surface area contributed by atoms with E-state index >= 15 is 0 Å². The van der Waals surface area contributed by atoms with Crippen LogP contribution in [0.5, 0.6) is 0 Å². The number of carbonyl (C=O) groups excluding carboxylic acids is 1. The molecule has 2 aromatic heterocycles. The monoisotopic (exact) mass is 375 g/mol. The van der Waals surface area contributed by atoms with Gasteiger partial charge in [-0.2, -0.15) is 10.1 Å². The highest BCUT2D eigenvalue weighted by atomic mass is 16.4. The summed E-state index contributed by atoms with van der Waals surface area (Å²) >= 11 is 0. The third-order valence-electron chi connectivity index (χ3n) is 4.47. The van der Waals surface area contributed by atoms with Crippen molar-refractivity contribution in [1.82, 2.24) is 14.8 Å². The summed E-state index contributed by atoms with van der Waals surface area (Å²) in [5.41, 5.74) is 4.36. The van der Waals surface area contributed by atoms with Crippen LogP contribution in [0, 0.1) is 0 Å². The fourth-order valence-corrected chi connectivity index (χ4v) is 3.08. The number of anilines is 2. The molecular weight excluding hydrogens is 354 g/mol. The maximum atomic E-state index is 12.9. The number of hydrogen-bond donors (Lipinski definition) is 1. The lowest BCUT2D eigenvalue weighted by atomic mass is 10.1. The summed E-state index contributed by atoms with van der Waals surface area (Å²) in [6, 6.07) is 15.7. The van der Waals surface area contributed by atoms with Gasteiger partial charge in [0.2, 0.25) is 0 Å². The van der Waals surface area contributed by atoms with E-state index < -0.39 is 0 Å². The summed E-state index contributed by atoms with van der Waals surface area (Å²) in [5, 5.41) is 7.35. The molecule has 0 spiro atoms. The number of benzene rings is 2. The van der Waals surface area contributed by atoms with Crippen molar-refractivity contribution in [3.8, 4) is 5.69 Å². The second kappa shape index (κ2) is 7.19. The van der Waals surface area contributed by atoms with Crippen molar-refractivity contribution < 1.29 is 9.21 Å². The number of amides is 1. The molecule has 0 atom stereocenters. The Morgan fingerprint density at radius 2 is 1.96 bits per heavy atom. The van der Waals surface area contributed by atoms with Crippen molar-refractivity contribution >= 4 is 28.7 Å². The Kier molecular flexibility index (Phi) is 4.57. The van der Waals surface area contributed by atoms with Gasteiger partial charge in [-0.25, -0.2) is 4.68 Å². The molecule has 0 aliphatic heterocycles. The Hall–Kier alpha value is -3.61. The van der Waals surface area contributed by atoms with Crippen molar-refractivity contribution in [2.24, 2.45) is 0 Å². The van der Waals surface area contributed by atoms with Gasteiger partial charge < -0.3 is 14.6 Å². The minimum absolute atomic E-state index is 0.203. The van der Waals surface area contributed by atoms with E-state index in [0.717, 1.165) is 16.9 Å². The molecule has 0 saturated heterocycles. The SMILES string of the molecule is CCc1c(C(=O)Nc2ccc3nc(N(C)C)oc3c2)cnn1-c1ccccc1. The van der Waals surface area contributed by atoms with Crippen LogP contribution in [-0.4, -0.2) is 34.8 Å². The van der Waals surface area contributed by atoms with E-state index in [1.54, 1.807) is 21.8 Å². The van der Waals surface area contributed by atoms with Crippen LogP contribution in [0.25, 0.3) is 16.8 Å². The standard InChI is InChI=1S/C21H21N5O2/c1-4-18-16(13-22-26(18)15-8-6-5-7-9-15)20(27)23-14-10-11-17-19(12-14)28-21(24-17)25(2)3/h5-13H,4H2,1-3H3,(H,23,27). The van der Waals surface area contributed by atoms with E-state index in [1.807, 2.05) is 63.5 Å². The lowest BCUT2D eigenvalue weighted by molar-refractivity contribution is 0.102. The minimum Gasteiger partial charge on any atom is -0.423 e. The quantitative estimate of drug-likeness (QED) is 0.573. The first kappa shape index (κ1) is 17.8. The molecular formula is C21H21N5O2. The van der Waals surface area contributed by atoms with Crippen LogP contribution in [-0.2, 0) is 6.42 Å². The molecule has 4 aromatic rings. The van der Waals surface area contributed by atoms with Crippen molar-refractivity contribution in [3.05, 3.63) is 66.0 Å². The third kappa shape index (κ3) is 3.22. The van der Waals surface area contributed by atoms with Crippen LogP contribution in [0.15, 0.2) is 59.1 Å². The summed E-state index contributed by atoms with van der Waals surface area (Å²) < 4.78 is 7.51. The summed E-state index contributed by atoms with van der Waals surface area (Å²) in [4.78, 5) is 19.1. The Morgan fingerprint density at radius 3 is 2.68 bits per heavy atom. The number of fused-ring (bicyclic) bond motifs is 1. The first-order valence-electron chi connectivity index (χ1n) is 9.08. The molecule has 2 heterocycles. The molecule has 2 aromatic carbocycles. The largest absolute Gasteiger partial charge is 0.423 e. The summed E-state index contributed by atoms with van der Waals surface area (Å²) in [6.45, 7) is 2.01. The number of nitrogens with zero attached hydrogens (tertiary/aromatic N) is 4. The van der Waals surface area contributed by atoms with Crippen molar-refractivity contribution in [2.75, 3.05) is 24.3 Å². The predicted molar refractivity (Wildman–Crippen MR) is 109 cm³/mol. The van der Waals surface area contributed by atoms with E-state index in [0.29, 0.717) is 29.3 Å². The highest BCUT2D eigenvalue weighted by molar-refractivity contribution is 6.05. The van der Waals surface area contributed by atoms with Gasteiger partial charge in [0.05, 0.1) is 23.1 Å². The number of carbonyl (C=O) groups is 1. The highest BCUT2D eigenvalue weighted by Gasteiger charge is 2.18.